The molecular formula is C28H29NO7. The highest BCUT2D eigenvalue weighted by atomic mass is 16.5. The number of hydrogen-bond acceptors (Lipinski definition) is 7. The number of benzene rings is 3. The van der Waals surface area contributed by atoms with Crippen molar-refractivity contribution in [2.45, 2.75) is 0 Å². The number of nitrogens with one attached hydrogen (secondary N) is 1. The number of anilines is 1. The van der Waals surface area contributed by atoms with E-state index in [1.165, 1.54) is 20.3 Å². The predicted octanol–water partition coefficient (Wildman–Crippen LogP) is 5.26. The Balaban J connectivity index is 1.90. The summed E-state index contributed by atoms with van der Waals surface area (Å²) in [6.07, 6.45) is 6.60. The van der Waals surface area contributed by atoms with E-state index in [2.05, 4.69) is 5.32 Å². The summed E-state index contributed by atoms with van der Waals surface area (Å²) in [6.45, 7) is 0. The van der Waals surface area contributed by atoms with Crippen LogP contribution in [0.3, 0.4) is 0 Å². The highest BCUT2D eigenvalue weighted by Gasteiger charge is 2.15. The standard InChI is InChI=1S/C28H29NO7/c1-32-21-12-7-18(8-13-21)9-15-25(30)29-26-20(11-14-22(33-2)27(26)31)10-6-19-16-23(34-3)28(36-5)24(17-19)35-4/h6-17,31H,1-5H3,(H,29,30)/b10-6?,15-9+. The topological polar surface area (TPSA) is 95.5 Å². The first-order chi connectivity index (χ1) is 17.4. The molecule has 8 nitrogen and oxygen atoms in total. The lowest BCUT2D eigenvalue weighted by atomic mass is 10.1. The van der Waals surface area contributed by atoms with E-state index < -0.39 is 5.91 Å². The van der Waals surface area contributed by atoms with Crippen molar-refractivity contribution in [3.05, 3.63) is 71.3 Å². The first-order valence-corrected chi connectivity index (χ1v) is 10.9. The summed E-state index contributed by atoms with van der Waals surface area (Å²) in [5.41, 5.74) is 2.36. The van der Waals surface area contributed by atoms with Gasteiger partial charge in [0.15, 0.2) is 23.0 Å². The Morgan fingerprint density at radius 3 is 1.92 bits per heavy atom. The van der Waals surface area contributed by atoms with Gasteiger partial charge in [-0.25, -0.2) is 0 Å². The molecule has 188 valence electrons. The van der Waals surface area contributed by atoms with Gasteiger partial charge in [-0.3, -0.25) is 4.79 Å². The Kier molecular flexibility index (Phi) is 8.83. The molecule has 0 aliphatic heterocycles. The van der Waals surface area contributed by atoms with Crippen molar-refractivity contribution in [1.82, 2.24) is 0 Å². The van der Waals surface area contributed by atoms with Crippen molar-refractivity contribution in [3.63, 3.8) is 0 Å². The minimum Gasteiger partial charge on any atom is -0.503 e. The molecule has 0 bridgehead atoms. The maximum absolute atomic E-state index is 12.7. The minimum absolute atomic E-state index is 0.185. The molecule has 36 heavy (non-hydrogen) atoms. The monoisotopic (exact) mass is 491 g/mol. The maximum atomic E-state index is 12.7. The Morgan fingerprint density at radius 2 is 1.36 bits per heavy atom. The van der Waals surface area contributed by atoms with Crippen molar-refractivity contribution in [2.24, 2.45) is 0 Å². The van der Waals surface area contributed by atoms with Gasteiger partial charge in [0.2, 0.25) is 11.7 Å². The van der Waals surface area contributed by atoms with Gasteiger partial charge in [0.05, 0.1) is 41.2 Å². The summed E-state index contributed by atoms with van der Waals surface area (Å²) in [6, 6.07) is 14.2. The van der Waals surface area contributed by atoms with E-state index in [1.807, 2.05) is 12.1 Å². The SMILES string of the molecule is COc1ccc(/C=C/C(=O)Nc2c(C=Cc3cc(OC)c(OC)c(OC)c3)ccc(OC)c2O)cc1. The molecule has 2 N–H and O–H groups in total. The van der Waals surface area contributed by atoms with Crippen molar-refractivity contribution in [3.8, 4) is 34.5 Å². The summed E-state index contributed by atoms with van der Waals surface area (Å²) in [4.78, 5) is 12.7. The van der Waals surface area contributed by atoms with Crippen molar-refractivity contribution >= 4 is 29.8 Å². The molecule has 1 amide bonds. The van der Waals surface area contributed by atoms with E-state index in [9.17, 15) is 9.90 Å². The second-order valence-corrected chi connectivity index (χ2v) is 7.47. The highest BCUT2D eigenvalue weighted by molar-refractivity contribution is 6.04. The second kappa shape index (κ2) is 12.2. The highest BCUT2D eigenvalue weighted by Crippen LogP contribution is 2.40. The molecule has 3 aromatic rings. The van der Waals surface area contributed by atoms with Gasteiger partial charge in [-0.1, -0.05) is 24.3 Å². The van der Waals surface area contributed by atoms with Crippen LogP contribution in [0.4, 0.5) is 5.69 Å². The molecule has 0 radical (unpaired) electrons. The van der Waals surface area contributed by atoms with Crippen LogP contribution in [-0.2, 0) is 4.79 Å². The summed E-state index contributed by atoms with van der Waals surface area (Å²) >= 11 is 0. The molecule has 0 fully saturated rings. The number of methoxy groups -OCH3 is 5. The van der Waals surface area contributed by atoms with E-state index in [-0.39, 0.29) is 17.2 Å². The number of phenolic OH excluding ortho intramolecular Hbond substituents is 1. The fourth-order valence-electron chi connectivity index (χ4n) is 3.46. The lowest BCUT2D eigenvalue weighted by molar-refractivity contribution is -0.111. The summed E-state index contributed by atoms with van der Waals surface area (Å²) in [7, 11) is 7.65. The molecule has 0 aliphatic rings. The molecule has 0 atom stereocenters. The van der Waals surface area contributed by atoms with Gasteiger partial charge in [0.25, 0.3) is 0 Å². The van der Waals surface area contributed by atoms with Crippen LogP contribution in [0.2, 0.25) is 0 Å². The zero-order chi connectivity index (χ0) is 26.1. The van der Waals surface area contributed by atoms with Gasteiger partial charge in [-0.05, 0) is 53.6 Å². The number of aromatic hydroxyl groups is 1. The average molecular weight is 492 g/mol. The van der Waals surface area contributed by atoms with Crippen LogP contribution in [0.25, 0.3) is 18.2 Å². The minimum atomic E-state index is -0.420. The van der Waals surface area contributed by atoms with E-state index in [4.69, 9.17) is 23.7 Å². The summed E-state index contributed by atoms with van der Waals surface area (Å²) in [5, 5.41) is 13.5. The third kappa shape index (κ3) is 6.09. The van der Waals surface area contributed by atoms with Crippen LogP contribution in [0.1, 0.15) is 16.7 Å². The molecule has 0 aliphatic carbocycles. The molecule has 8 heteroatoms. The van der Waals surface area contributed by atoms with Gasteiger partial charge in [-0.15, -0.1) is 0 Å². The molecule has 0 saturated carbocycles. The predicted molar refractivity (Wildman–Crippen MR) is 140 cm³/mol. The van der Waals surface area contributed by atoms with Crippen LogP contribution in [0.5, 0.6) is 34.5 Å². The van der Waals surface area contributed by atoms with Crippen LogP contribution in [0.15, 0.2) is 54.6 Å². The first-order valence-electron chi connectivity index (χ1n) is 10.9. The lowest BCUT2D eigenvalue weighted by Gasteiger charge is -2.14. The number of carbonyl (C=O) groups is 1. The zero-order valence-corrected chi connectivity index (χ0v) is 20.8. The lowest BCUT2D eigenvalue weighted by Crippen LogP contribution is -2.09. The molecule has 0 aromatic heterocycles. The molecule has 0 unspecified atom stereocenters. The fraction of sp³-hybridized carbons (Fsp3) is 0.179. The number of hydrogen-bond donors (Lipinski definition) is 2. The Morgan fingerprint density at radius 1 is 0.722 bits per heavy atom. The van der Waals surface area contributed by atoms with Gasteiger partial charge in [0, 0.05) is 11.6 Å². The third-order valence-electron chi connectivity index (χ3n) is 5.33. The van der Waals surface area contributed by atoms with Crippen molar-refractivity contribution in [2.75, 3.05) is 40.9 Å². The second-order valence-electron chi connectivity index (χ2n) is 7.47. The number of carbonyl (C=O) groups excluding carboxylic acids is 1. The van der Waals surface area contributed by atoms with Crippen molar-refractivity contribution in [1.29, 1.82) is 0 Å². The third-order valence-corrected chi connectivity index (χ3v) is 5.33. The van der Waals surface area contributed by atoms with E-state index in [1.54, 1.807) is 76.0 Å². The normalized spacial score (nSPS) is 10.9. The molecule has 0 saturated heterocycles. The number of amides is 1. The summed E-state index contributed by atoms with van der Waals surface area (Å²) in [5.74, 6) is 1.84. The number of phenols is 1. The average Bonchev–Trinajstić information content (AvgIpc) is 2.91. The van der Waals surface area contributed by atoms with Gasteiger partial charge in [-0.2, -0.15) is 0 Å². The van der Waals surface area contributed by atoms with Crippen LogP contribution in [0, 0.1) is 0 Å². The smallest absolute Gasteiger partial charge is 0.248 e. The molecular weight excluding hydrogens is 462 g/mol. The van der Waals surface area contributed by atoms with Gasteiger partial charge in [0.1, 0.15) is 5.75 Å². The number of ether oxygens (including phenoxy) is 5. The maximum Gasteiger partial charge on any atom is 0.248 e. The quantitative estimate of drug-likeness (QED) is 0.227. The van der Waals surface area contributed by atoms with Crippen LogP contribution < -0.4 is 29.0 Å². The summed E-state index contributed by atoms with van der Waals surface area (Å²) < 4.78 is 26.5. The molecule has 0 heterocycles. The zero-order valence-electron chi connectivity index (χ0n) is 20.8. The molecule has 0 spiro atoms. The molecule has 3 rings (SSSR count). The van der Waals surface area contributed by atoms with Crippen LogP contribution >= 0.6 is 0 Å². The van der Waals surface area contributed by atoms with E-state index in [0.717, 1.165) is 16.9 Å². The Hall–Kier alpha value is -4.59. The molecule has 3 aromatic carbocycles. The number of rotatable bonds is 10. The van der Waals surface area contributed by atoms with E-state index in [0.29, 0.717) is 22.8 Å². The van der Waals surface area contributed by atoms with Gasteiger partial charge < -0.3 is 34.1 Å². The van der Waals surface area contributed by atoms with Gasteiger partial charge >= 0.3 is 0 Å². The fourth-order valence-corrected chi connectivity index (χ4v) is 3.46. The van der Waals surface area contributed by atoms with Crippen LogP contribution in [-0.4, -0.2) is 46.6 Å². The largest absolute Gasteiger partial charge is 0.503 e. The Bertz CT molecular complexity index is 1240. The van der Waals surface area contributed by atoms with E-state index >= 15 is 0 Å². The Labute approximate surface area is 210 Å². The first kappa shape index (κ1) is 26.0. The van der Waals surface area contributed by atoms with Crippen molar-refractivity contribution < 1.29 is 33.6 Å².